The SMILES string of the molecule is CC(N)c1ccc(N2CC=CCC2)c(Cl)c1. The zero-order valence-electron chi connectivity index (χ0n) is 9.49. The summed E-state index contributed by atoms with van der Waals surface area (Å²) in [5.41, 5.74) is 8.02. The van der Waals surface area contributed by atoms with E-state index in [4.69, 9.17) is 17.3 Å². The van der Waals surface area contributed by atoms with E-state index in [0.717, 1.165) is 35.8 Å². The number of benzene rings is 1. The summed E-state index contributed by atoms with van der Waals surface area (Å²) < 4.78 is 0. The molecule has 2 rings (SSSR count). The van der Waals surface area contributed by atoms with Gasteiger partial charge in [-0.1, -0.05) is 29.8 Å². The lowest BCUT2D eigenvalue weighted by molar-refractivity contribution is 0.807. The Kier molecular flexibility index (Phi) is 3.52. The maximum absolute atomic E-state index is 6.29. The molecule has 2 N–H and O–H groups in total. The summed E-state index contributed by atoms with van der Waals surface area (Å²) in [6.45, 7) is 3.94. The average Bonchev–Trinajstić information content (AvgIpc) is 2.30. The molecule has 1 unspecified atom stereocenters. The molecular weight excluding hydrogens is 220 g/mol. The molecule has 1 aromatic rings. The molecule has 16 heavy (non-hydrogen) atoms. The van der Waals surface area contributed by atoms with Gasteiger partial charge >= 0.3 is 0 Å². The summed E-state index contributed by atoms with van der Waals surface area (Å²) in [6.07, 6.45) is 5.48. The van der Waals surface area contributed by atoms with E-state index in [-0.39, 0.29) is 6.04 Å². The third kappa shape index (κ3) is 2.39. The number of anilines is 1. The van der Waals surface area contributed by atoms with E-state index in [9.17, 15) is 0 Å². The third-order valence-electron chi connectivity index (χ3n) is 2.90. The van der Waals surface area contributed by atoms with Crippen molar-refractivity contribution in [2.24, 2.45) is 5.73 Å². The van der Waals surface area contributed by atoms with Crippen molar-refractivity contribution < 1.29 is 0 Å². The Hall–Kier alpha value is -0.990. The normalized spacial score (nSPS) is 17.6. The first kappa shape index (κ1) is 11.5. The van der Waals surface area contributed by atoms with Gasteiger partial charge in [-0.05, 0) is 31.0 Å². The first-order valence-electron chi connectivity index (χ1n) is 5.63. The molecule has 0 aromatic heterocycles. The Morgan fingerprint density at radius 3 is 2.75 bits per heavy atom. The van der Waals surface area contributed by atoms with Crippen LogP contribution in [0.4, 0.5) is 5.69 Å². The zero-order chi connectivity index (χ0) is 11.5. The molecular formula is C13H17ClN2. The minimum Gasteiger partial charge on any atom is -0.366 e. The predicted molar refractivity (Wildman–Crippen MR) is 70.0 cm³/mol. The van der Waals surface area contributed by atoms with Crippen molar-refractivity contribution >= 4 is 17.3 Å². The van der Waals surface area contributed by atoms with Gasteiger partial charge in [0.25, 0.3) is 0 Å². The molecule has 0 fully saturated rings. The van der Waals surface area contributed by atoms with Gasteiger partial charge in [0.15, 0.2) is 0 Å². The summed E-state index contributed by atoms with van der Waals surface area (Å²) >= 11 is 6.29. The van der Waals surface area contributed by atoms with Gasteiger partial charge in [-0.2, -0.15) is 0 Å². The van der Waals surface area contributed by atoms with Crippen LogP contribution in [0, 0.1) is 0 Å². The zero-order valence-corrected chi connectivity index (χ0v) is 10.2. The number of halogens is 1. The molecule has 0 saturated heterocycles. The van der Waals surface area contributed by atoms with E-state index in [1.165, 1.54) is 0 Å². The molecule has 1 aliphatic heterocycles. The molecule has 1 aromatic carbocycles. The van der Waals surface area contributed by atoms with Crippen LogP contribution in [0.3, 0.4) is 0 Å². The largest absolute Gasteiger partial charge is 0.366 e. The van der Waals surface area contributed by atoms with Crippen molar-refractivity contribution in [1.29, 1.82) is 0 Å². The summed E-state index contributed by atoms with van der Waals surface area (Å²) in [7, 11) is 0. The molecule has 1 atom stereocenters. The first-order valence-corrected chi connectivity index (χ1v) is 6.01. The monoisotopic (exact) mass is 236 g/mol. The van der Waals surface area contributed by atoms with Crippen LogP contribution in [-0.2, 0) is 0 Å². The topological polar surface area (TPSA) is 29.3 Å². The van der Waals surface area contributed by atoms with E-state index >= 15 is 0 Å². The lowest BCUT2D eigenvalue weighted by Gasteiger charge is -2.27. The van der Waals surface area contributed by atoms with Gasteiger partial charge in [0, 0.05) is 19.1 Å². The lowest BCUT2D eigenvalue weighted by atomic mass is 10.1. The van der Waals surface area contributed by atoms with Crippen molar-refractivity contribution in [2.75, 3.05) is 18.0 Å². The Balaban J connectivity index is 2.25. The van der Waals surface area contributed by atoms with E-state index < -0.39 is 0 Å². The maximum atomic E-state index is 6.29. The number of hydrogen-bond acceptors (Lipinski definition) is 2. The van der Waals surface area contributed by atoms with Crippen LogP contribution in [0.25, 0.3) is 0 Å². The van der Waals surface area contributed by atoms with Crippen molar-refractivity contribution in [3.63, 3.8) is 0 Å². The summed E-state index contributed by atoms with van der Waals surface area (Å²) in [5.74, 6) is 0. The second-order valence-electron chi connectivity index (χ2n) is 4.21. The number of hydrogen-bond donors (Lipinski definition) is 1. The van der Waals surface area contributed by atoms with E-state index in [0.29, 0.717) is 0 Å². The Morgan fingerprint density at radius 1 is 1.38 bits per heavy atom. The van der Waals surface area contributed by atoms with Gasteiger partial charge in [-0.25, -0.2) is 0 Å². The fourth-order valence-corrected chi connectivity index (χ4v) is 2.23. The van der Waals surface area contributed by atoms with Crippen LogP contribution in [0.1, 0.15) is 24.9 Å². The minimum atomic E-state index is 0.0350. The molecule has 0 amide bonds. The summed E-state index contributed by atoms with van der Waals surface area (Å²) in [4.78, 5) is 2.29. The Morgan fingerprint density at radius 2 is 2.19 bits per heavy atom. The maximum Gasteiger partial charge on any atom is 0.0643 e. The van der Waals surface area contributed by atoms with Gasteiger partial charge in [-0.3, -0.25) is 0 Å². The van der Waals surface area contributed by atoms with Crippen molar-refractivity contribution in [3.8, 4) is 0 Å². The van der Waals surface area contributed by atoms with Crippen LogP contribution in [0.2, 0.25) is 5.02 Å². The fraction of sp³-hybridized carbons (Fsp3) is 0.385. The molecule has 3 heteroatoms. The highest BCUT2D eigenvalue weighted by Crippen LogP contribution is 2.29. The number of nitrogens with zero attached hydrogens (tertiary/aromatic N) is 1. The van der Waals surface area contributed by atoms with Crippen LogP contribution in [-0.4, -0.2) is 13.1 Å². The van der Waals surface area contributed by atoms with Crippen LogP contribution in [0.5, 0.6) is 0 Å². The molecule has 0 radical (unpaired) electrons. The first-order chi connectivity index (χ1) is 7.68. The smallest absolute Gasteiger partial charge is 0.0643 e. The summed E-state index contributed by atoms with van der Waals surface area (Å²) in [6, 6.07) is 6.14. The molecule has 0 spiro atoms. The van der Waals surface area contributed by atoms with Gasteiger partial charge in [0.2, 0.25) is 0 Å². The highest BCUT2D eigenvalue weighted by molar-refractivity contribution is 6.33. The predicted octanol–water partition coefficient (Wildman–Crippen LogP) is 3.13. The Bertz CT molecular complexity index is 399. The molecule has 0 aliphatic carbocycles. The molecule has 0 bridgehead atoms. The van der Waals surface area contributed by atoms with E-state index in [1.54, 1.807) is 0 Å². The molecule has 2 nitrogen and oxygen atoms in total. The Labute approximate surface area is 102 Å². The van der Waals surface area contributed by atoms with Crippen LogP contribution < -0.4 is 10.6 Å². The lowest BCUT2D eigenvalue weighted by Crippen LogP contribution is -2.27. The number of nitrogens with two attached hydrogens (primary N) is 1. The quantitative estimate of drug-likeness (QED) is 0.800. The summed E-state index contributed by atoms with van der Waals surface area (Å²) in [5, 5.41) is 0.796. The van der Waals surface area contributed by atoms with E-state index in [1.807, 2.05) is 13.0 Å². The van der Waals surface area contributed by atoms with Gasteiger partial charge in [-0.15, -0.1) is 0 Å². The number of rotatable bonds is 2. The van der Waals surface area contributed by atoms with Gasteiger partial charge in [0.1, 0.15) is 0 Å². The highest BCUT2D eigenvalue weighted by atomic mass is 35.5. The minimum absolute atomic E-state index is 0.0350. The molecule has 0 saturated carbocycles. The fourth-order valence-electron chi connectivity index (χ4n) is 1.92. The standard InChI is InChI=1S/C13H17ClN2/c1-10(15)11-5-6-13(12(14)9-11)16-7-3-2-4-8-16/h2-3,5-6,9-10H,4,7-8,15H2,1H3. The van der Waals surface area contributed by atoms with E-state index in [2.05, 4.69) is 29.2 Å². The van der Waals surface area contributed by atoms with Crippen LogP contribution in [0.15, 0.2) is 30.4 Å². The molecule has 86 valence electrons. The van der Waals surface area contributed by atoms with Gasteiger partial charge < -0.3 is 10.6 Å². The highest BCUT2D eigenvalue weighted by Gasteiger charge is 2.12. The third-order valence-corrected chi connectivity index (χ3v) is 3.20. The van der Waals surface area contributed by atoms with Crippen molar-refractivity contribution in [1.82, 2.24) is 0 Å². The molecule has 1 heterocycles. The van der Waals surface area contributed by atoms with Crippen molar-refractivity contribution in [2.45, 2.75) is 19.4 Å². The molecule has 1 aliphatic rings. The van der Waals surface area contributed by atoms with Crippen molar-refractivity contribution in [3.05, 3.63) is 40.9 Å². The average molecular weight is 237 g/mol. The van der Waals surface area contributed by atoms with Crippen LogP contribution >= 0.6 is 11.6 Å². The second kappa shape index (κ2) is 4.89. The van der Waals surface area contributed by atoms with Gasteiger partial charge in [0.05, 0.1) is 10.7 Å². The second-order valence-corrected chi connectivity index (χ2v) is 4.61.